The van der Waals surface area contributed by atoms with Gasteiger partial charge in [-0.1, -0.05) is 29.8 Å². The second kappa shape index (κ2) is 7.50. The van der Waals surface area contributed by atoms with Crippen molar-refractivity contribution < 1.29 is 17.9 Å². The highest BCUT2D eigenvalue weighted by molar-refractivity contribution is 6.31. The molecular formula is C21H15ClF3N3O. The molecule has 2 aromatic carbocycles. The van der Waals surface area contributed by atoms with Crippen LogP contribution >= 0.6 is 11.6 Å². The molecule has 0 atom stereocenters. The van der Waals surface area contributed by atoms with Gasteiger partial charge < -0.3 is 4.74 Å². The standard InChI is InChI=1S/C21H15ClF3N3O/c1-29-12-20-16(14-4-2-3-5-17(14)21(23,24)25)11-27-28(20)19-8-9-26-18-10-13(22)6-7-15(18)19/h2-11H,12H2,1H3. The Morgan fingerprint density at radius 3 is 2.62 bits per heavy atom. The van der Waals surface area contributed by atoms with Crippen LogP contribution in [0.3, 0.4) is 0 Å². The first-order valence-corrected chi connectivity index (χ1v) is 9.05. The molecule has 2 aromatic heterocycles. The predicted molar refractivity (Wildman–Crippen MR) is 105 cm³/mol. The molecule has 0 saturated carbocycles. The Bertz CT molecular complexity index is 1190. The number of hydrogen-bond donors (Lipinski definition) is 0. The van der Waals surface area contributed by atoms with E-state index < -0.39 is 11.7 Å². The van der Waals surface area contributed by atoms with Gasteiger partial charge in [0.2, 0.25) is 0 Å². The van der Waals surface area contributed by atoms with Gasteiger partial charge in [-0.25, -0.2) is 4.68 Å². The zero-order chi connectivity index (χ0) is 20.6. The smallest absolute Gasteiger partial charge is 0.378 e. The van der Waals surface area contributed by atoms with Crippen LogP contribution in [0.1, 0.15) is 11.3 Å². The number of rotatable bonds is 4. The predicted octanol–water partition coefficient (Wildman–Crippen LogP) is 5.91. The van der Waals surface area contributed by atoms with E-state index in [1.807, 2.05) is 6.07 Å². The maximum Gasteiger partial charge on any atom is 0.417 e. The van der Waals surface area contributed by atoms with Gasteiger partial charge in [0.1, 0.15) is 0 Å². The lowest BCUT2D eigenvalue weighted by molar-refractivity contribution is -0.137. The van der Waals surface area contributed by atoms with Gasteiger partial charge in [-0.05, 0) is 35.9 Å². The second-order valence-corrected chi connectivity index (χ2v) is 6.82. The first-order valence-electron chi connectivity index (χ1n) is 8.67. The summed E-state index contributed by atoms with van der Waals surface area (Å²) >= 11 is 6.05. The summed E-state index contributed by atoms with van der Waals surface area (Å²) in [5.41, 5.74) is 1.54. The van der Waals surface area contributed by atoms with Gasteiger partial charge in [0, 0.05) is 29.3 Å². The number of pyridine rings is 1. The van der Waals surface area contributed by atoms with E-state index in [0.29, 0.717) is 27.5 Å². The third-order valence-corrected chi connectivity index (χ3v) is 4.82. The van der Waals surface area contributed by atoms with Gasteiger partial charge in [-0.15, -0.1) is 0 Å². The number of hydrogen-bond acceptors (Lipinski definition) is 3. The molecule has 0 radical (unpaired) electrons. The first kappa shape index (κ1) is 19.4. The maximum atomic E-state index is 13.5. The molecule has 0 aliphatic rings. The number of alkyl halides is 3. The van der Waals surface area contributed by atoms with Crippen LogP contribution in [0, 0.1) is 0 Å². The number of benzene rings is 2. The molecule has 8 heteroatoms. The molecule has 4 nitrogen and oxygen atoms in total. The van der Waals surface area contributed by atoms with Crippen molar-refractivity contribution in [1.29, 1.82) is 0 Å². The normalized spacial score (nSPS) is 11.9. The largest absolute Gasteiger partial charge is 0.417 e. The molecule has 29 heavy (non-hydrogen) atoms. The molecule has 0 N–H and O–H groups in total. The average Bonchev–Trinajstić information content (AvgIpc) is 3.10. The molecule has 0 spiro atoms. The van der Waals surface area contributed by atoms with Crippen molar-refractivity contribution in [2.24, 2.45) is 0 Å². The van der Waals surface area contributed by atoms with Gasteiger partial charge in [0.25, 0.3) is 0 Å². The number of halogens is 4. The Kier molecular flexibility index (Phi) is 5.02. The average molecular weight is 418 g/mol. The van der Waals surface area contributed by atoms with E-state index in [0.717, 1.165) is 11.5 Å². The van der Waals surface area contributed by atoms with E-state index in [9.17, 15) is 13.2 Å². The highest BCUT2D eigenvalue weighted by Crippen LogP contribution is 2.39. The van der Waals surface area contributed by atoms with Gasteiger partial charge in [-0.3, -0.25) is 4.98 Å². The van der Waals surface area contributed by atoms with Crippen LogP contribution in [-0.2, 0) is 17.5 Å². The Labute approximate surface area is 169 Å². The number of methoxy groups -OCH3 is 1. The third kappa shape index (κ3) is 3.59. The van der Waals surface area contributed by atoms with Crippen molar-refractivity contribution in [2.45, 2.75) is 12.8 Å². The third-order valence-electron chi connectivity index (χ3n) is 4.58. The highest BCUT2D eigenvalue weighted by Gasteiger charge is 2.34. The Hall–Kier alpha value is -2.90. The first-order chi connectivity index (χ1) is 13.9. The van der Waals surface area contributed by atoms with Crippen LogP contribution in [0.2, 0.25) is 5.02 Å². The summed E-state index contributed by atoms with van der Waals surface area (Å²) in [5, 5.41) is 5.70. The summed E-state index contributed by atoms with van der Waals surface area (Å²) in [5.74, 6) is 0. The number of nitrogens with zero attached hydrogens (tertiary/aromatic N) is 3. The fourth-order valence-electron chi connectivity index (χ4n) is 3.34. The molecule has 0 saturated heterocycles. The molecule has 2 heterocycles. The Morgan fingerprint density at radius 2 is 1.86 bits per heavy atom. The van der Waals surface area contributed by atoms with Crippen molar-refractivity contribution >= 4 is 22.5 Å². The highest BCUT2D eigenvalue weighted by atomic mass is 35.5. The minimum atomic E-state index is -4.48. The second-order valence-electron chi connectivity index (χ2n) is 6.38. The summed E-state index contributed by atoms with van der Waals surface area (Å²) in [6.45, 7) is 0.0823. The molecule has 0 fully saturated rings. The van der Waals surface area contributed by atoms with Crippen LogP contribution < -0.4 is 0 Å². The van der Waals surface area contributed by atoms with Gasteiger partial charge >= 0.3 is 6.18 Å². The number of fused-ring (bicyclic) bond motifs is 1. The quantitative estimate of drug-likeness (QED) is 0.414. The molecule has 0 bridgehead atoms. The van der Waals surface area contributed by atoms with Crippen molar-refractivity contribution in [3.05, 3.63) is 77.2 Å². The molecular weight excluding hydrogens is 403 g/mol. The molecule has 0 unspecified atom stereocenters. The van der Waals surface area contributed by atoms with Gasteiger partial charge in [-0.2, -0.15) is 18.3 Å². The Morgan fingerprint density at radius 1 is 1.07 bits per heavy atom. The lowest BCUT2D eigenvalue weighted by Crippen LogP contribution is -2.09. The molecule has 0 amide bonds. The number of aromatic nitrogens is 3. The van der Waals surface area contributed by atoms with Crippen molar-refractivity contribution in [2.75, 3.05) is 7.11 Å². The zero-order valence-corrected chi connectivity index (χ0v) is 16.0. The SMILES string of the molecule is COCc1c(-c2ccccc2C(F)(F)F)cnn1-c1ccnc2cc(Cl)ccc12. The van der Waals surface area contributed by atoms with Crippen molar-refractivity contribution in [1.82, 2.24) is 14.8 Å². The van der Waals surface area contributed by atoms with E-state index in [1.54, 1.807) is 35.1 Å². The van der Waals surface area contributed by atoms with Gasteiger partial charge in [0.05, 0.1) is 35.3 Å². The van der Waals surface area contributed by atoms with Crippen molar-refractivity contribution in [3.8, 4) is 16.8 Å². The van der Waals surface area contributed by atoms with E-state index >= 15 is 0 Å². The van der Waals surface area contributed by atoms with Crippen LogP contribution in [0.5, 0.6) is 0 Å². The fourth-order valence-corrected chi connectivity index (χ4v) is 3.50. The van der Waals surface area contributed by atoms with Crippen LogP contribution in [-0.4, -0.2) is 21.9 Å². The van der Waals surface area contributed by atoms with E-state index in [2.05, 4.69) is 10.1 Å². The van der Waals surface area contributed by atoms with Crippen LogP contribution in [0.4, 0.5) is 13.2 Å². The summed E-state index contributed by atoms with van der Waals surface area (Å²) in [4.78, 5) is 4.31. The van der Waals surface area contributed by atoms with E-state index in [-0.39, 0.29) is 12.2 Å². The lowest BCUT2D eigenvalue weighted by atomic mass is 9.99. The maximum absolute atomic E-state index is 13.5. The topological polar surface area (TPSA) is 39.9 Å². The summed E-state index contributed by atoms with van der Waals surface area (Å²) in [6.07, 6.45) is -1.44. The van der Waals surface area contributed by atoms with Crippen LogP contribution in [0.15, 0.2) is 60.9 Å². The summed E-state index contributed by atoms with van der Waals surface area (Å²) in [6, 6.07) is 12.5. The Balaban J connectivity index is 1.95. The van der Waals surface area contributed by atoms with E-state index in [4.69, 9.17) is 16.3 Å². The van der Waals surface area contributed by atoms with Gasteiger partial charge in [0.15, 0.2) is 0 Å². The summed E-state index contributed by atoms with van der Waals surface area (Å²) in [7, 11) is 1.49. The lowest BCUT2D eigenvalue weighted by Gasteiger charge is -2.14. The van der Waals surface area contributed by atoms with E-state index in [1.165, 1.54) is 25.4 Å². The minimum Gasteiger partial charge on any atom is -0.378 e. The molecule has 0 aliphatic heterocycles. The molecule has 4 aromatic rings. The molecule has 148 valence electrons. The molecule has 4 rings (SSSR count). The summed E-state index contributed by atoms with van der Waals surface area (Å²) < 4.78 is 47.5. The van der Waals surface area contributed by atoms with Crippen LogP contribution in [0.25, 0.3) is 27.7 Å². The minimum absolute atomic E-state index is 0.0553. The monoisotopic (exact) mass is 417 g/mol. The van der Waals surface area contributed by atoms with Crippen molar-refractivity contribution in [3.63, 3.8) is 0 Å². The molecule has 0 aliphatic carbocycles. The number of ether oxygens (including phenoxy) is 1. The zero-order valence-electron chi connectivity index (χ0n) is 15.2. The fraction of sp³-hybridized carbons (Fsp3) is 0.143.